The minimum absolute atomic E-state index is 0.0561. The summed E-state index contributed by atoms with van der Waals surface area (Å²) in [6, 6.07) is 3.89. The van der Waals surface area contributed by atoms with Crippen LogP contribution in [0.25, 0.3) is 0 Å². The van der Waals surface area contributed by atoms with Crippen LogP contribution in [0.5, 0.6) is 0 Å². The van der Waals surface area contributed by atoms with E-state index in [1.54, 1.807) is 0 Å². The number of carboxylic acids is 2. The summed E-state index contributed by atoms with van der Waals surface area (Å²) in [6.45, 7) is 1.43. The lowest BCUT2D eigenvalue weighted by molar-refractivity contribution is -0.122. The van der Waals surface area contributed by atoms with Gasteiger partial charge in [0.2, 0.25) is 5.91 Å². The van der Waals surface area contributed by atoms with Gasteiger partial charge in [-0.1, -0.05) is 12.1 Å². The summed E-state index contributed by atoms with van der Waals surface area (Å²) in [5.74, 6) is -4.17. The monoisotopic (exact) mass is 377 g/mol. The molecular formula is C17H20BNO8. The molecule has 0 bridgehead atoms. The lowest BCUT2D eigenvalue weighted by Gasteiger charge is -2.31. The molecule has 1 aliphatic rings. The molecule has 4 N–H and O–H groups in total. The number of benzene rings is 1. The van der Waals surface area contributed by atoms with Crippen molar-refractivity contribution in [1.29, 1.82) is 0 Å². The van der Waals surface area contributed by atoms with E-state index in [2.05, 4.69) is 5.32 Å². The maximum absolute atomic E-state index is 12.3. The molecule has 1 aliphatic heterocycles. The van der Waals surface area contributed by atoms with Crippen molar-refractivity contribution in [2.24, 2.45) is 0 Å². The molecule has 0 radical (unpaired) electrons. The van der Waals surface area contributed by atoms with Crippen molar-refractivity contribution in [3.8, 4) is 0 Å². The third-order valence-electron chi connectivity index (χ3n) is 4.28. The van der Waals surface area contributed by atoms with E-state index in [9.17, 15) is 29.3 Å². The fourth-order valence-corrected chi connectivity index (χ4v) is 3.09. The molecule has 0 saturated carbocycles. The largest absolute Gasteiger partial charge is 0.478 e. The Labute approximate surface area is 155 Å². The molecule has 1 aromatic rings. The predicted molar refractivity (Wildman–Crippen MR) is 93.4 cm³/mol. The normalized spacial score (nSPS) is 19.4. The van der Waals surface area contributed by atoms with Gasteiger partial charge in [0.25, 0.3) is 0 Å². The molecule has 1 heterocycles. The molecule has 1 amide bonds. The van der Waals surface area contributed by atoms with Crippen molar-refractivity contribution in [1.82, 2.24) is 5.32 Å². The molecule has 1 saturated heterocycles. The first kappa shape index (κ1) is 20.6. The van der Waals surface area contributed by atoms with Crippen LogP contribution in [0.4, 0.5) is 0 Å². The van der Waals surface area contributed by atoms with E-state index in [-0.39, 0.29) is 24.2 Å². The van der Waals surface area contributed by atoms with Crippen molar-refractivity contribution in [2.75, 3.05) is 0 Å². The SMILES string of the molecule is CC(=O)C[C@@H]1CC[C@H](NC(=O)Cc2cccc(C(=O)O)c2C(=O)O)B(O)O1. The average Bonchev–Trinajstić information content (AvgIpc) is 2.56. The number of aromatic carboxylic acids is 2. The Kier molecular flexibility index (Phi) is 6.70. The molecule has 144 valence electrons. The summed E-state index contributed by atoms with van der Waals surface area (Å²) in [7, 11) is -1.28. The van der Waals surface area contributed by atoms with Gasteiger partial charge in [0.05, 0.1) is 23.5 Å². The Morgan fingerprint density at radius 2 is 1.89 bits per heavy atom. The number of hydrogen-bond acceptors (Lipinski definition) is 6. The summed E-state index contributed by atoms with van der Waals surface area (Å²) in [6.07, 6.45) is 0.295. The third-order valence-corrected chi connectivity index (χ3v) is 4.28. The highest BCUT2D eigenvalue weighted by Gasteiger charge is 2.36. The van der Waals surface area contributed by atoms with Crippen LogP contribution < -0.4 is 5.32 Å². The summed E-state index contributed by atoms with van der Waals surface area (Å²) in [5.41, 5.74) is -0.788. The first-order valence-electron chi connectivity index (χ1n) is 8.39. The first-order valence-corrected chi connectivity index (χ1v) is 8.39. The second-order valence-corrected chi connectivity index (χ2v) is 6.43. The van der Waals surface area contributed by atoms with Gasteiger partial charge in [-0.2, -0.15) is 0 Å². The van der Waals surface area contributed by atoms with E-state index in [1.807, 2.05) is 0 Å². The van der Waals surface area contributed by atoms with Crippen LogP contribution in [0.2, 0.25) is 0 Å². The molecule has 10 heteroatoms. The second-order valence-electron chi connectivity index (χ2n) is 6.43. The lowest BCUT2D eigenvalue weighted by Crippen LogP contribution is -2.53. The third kappa shape index (κ3) is 5.38. The number of hydrogen-bond donors (Lipinski definition) is 4. The van der Waals surface area contributed by atoms with Gasteiger partial charge in [-0.15, -0.1) is 0 Å². The van der Waals surface area contributed by atoms with E-state index in [0.717, 1.165) is 6.07 Å². The van der Waals surface area contributed by atoms with Crippen molar-refractivity contribution < 1.29 is 39.1 Å². The highest BCUT2D eigenvalue weighted by molar-refractivity contribution is 6.45. The zero-order chi connectivity index (χ0) is 20.1. The highest BCUT2D eigenvalue weighted by Crippen LogP contribution is 2.20. The van der Waals surface area contributed by atoms with Crippen LogP contribution in [0.15, 0.2) is 18.2 Å². The van der Waals surface area contributed by atoms with Crippen molar-refractivity contribution >= 4 is 30.7 Å². The van der Waals surface area contributed by atoms with Gasteiger partial charge < -0.3 is 25.2 Å². The number of carboxylic acid groups (broad SMARTS) is 2. The van der Waals surface area contributed by atoms with Gasteiger partial charge in [-0.25, -0.2) is 9.59 Å². The van der Waals surface area contributed by atoms with Gasteiger partial charge in [0.1, 0.15) is 5.78 Å². The van der Waals surface area contributed by atoms with Crippen LogP contribution >= 0.6 is 0 Å². The van der Waals surface area contributed by atoms with Gasteiger partial charge in [-0.05, 0) is 31.4 Å². The van der Waals surface area contributed by atoms with E-state index >= 15 is 0 Å². The Hall–Kier alpha value is -2.72. The van der Waals surface area contributed by atoms with Crippen LogP contribution in [0.1, 0.15) is 52.5 Å². The molecule has 2 atom stereocenters. The fraction of sp³-hybridized carbons (Fsp3) is 0.412. The lowest BCUT2D eigenvalue weighted by atomic mass is 9.72. The van der Waals surface area contributed by atoms with Crippen LogP contribution in [0.3, 0.4) is 0 Å². The van der Waals surface area contributed by atoms with E-state index < -0.39 is 48.1 Å². The number of nitrogens with one attached hydrogen (secondary N) is 1. The van der Waals surface area contributed by atoms with Gasteiger partial charge in [-0.3, -0.25) is 9.59 Å². The zero-order valence-corrected chi connectivity index (χ0v) is 14.7. The van der Waals surface area contributed by atoms with Crippen LogP contribution in [-0.4, -0.2) is 58.0 Å². The molecule has 1 fully saturated rings. The minimum atomic E-state index is -1.44. The van der Waals surface area contributed by atoms with Crippen molar-refractivity contribution in [3.63, 3.8) is 0 Å². The number of carbonyl (C=O) groups excluding carboxylic acids is 2. The molecule has 0 spiro atoms. The molecule has 2 rings (SSSR count). The molecule has 0 aliphatic carbocycles. The molecule has 9 nitrogen and oxygen atoms in total. The summed E-state index contributed by atoms with van der Waals surface area (Å²) < 4.78 is 5.32. The molecular weight excluding hydrogens is 357 g/mol. The Balaban J connectivity index is 2.04. The molecule has 0 aromatic heterocycles. The number of amides is 1. The maximum Gasteiger partial charge on any atom is 0.478 e. The summed E-state index contributed by atoms with van der Waals surface area (Å²) >= 11 is 0. The Bertz CT molecular complexity index is 765. The van der Waals surface area contributed by atoms with Gasteiger partial charge >= 0.3 is 19.1 Å². The number of ketones is 1. The van der Waals surface area contributed by atoms with Crippen molar-refractivity contribution in [2.45, 2.75) is 44.7 Å². The first-order chi connectivity index (χ1) is 12.7. The van der Waals surface area contributed by atoms with E-state index in [1.165, 1.54) is 19.1 Å². The summed E-state index contributed by atoms with van der Waals surface area (Å²) in [5, 5.41) is 31.0. The average molecular weight is 377 g/mol. The van der Waals surface area contributed by atoms with Gasteiger partial charge in [0, 0.05) is 12.5 Å². The second kappa shape index (κ2) is 8.78. The molecule has 1 aromatic carbocycles. The zero-order valence-electron chi connectivity index (χ0n) is 14.7. The molecule has 0 unspecified atom stereocenters. The van der Waals surface area contributed by atoms with E-state index in [0.29, 0.717) is 12.8 Å². The van der Waals surface area contributed by atoms with Crippen LogP contribution in [0, 0.1) is 0 Å². The smallest absolute Gasteiger partial charge is 0.478 e. The van der Waals surface area contributed by atoms with Crippen LogP contribution in [-0.2, 0) is 20.7 Å². The fourth-order valence-electron chi connectivity index (χ4n) is 3.09. The number of rotatable bonds is 7. The quantitative estimate of drug-likeness (QED) is 0.495. The standard InChI is InChI=1S/C17H20BNO8/c1-9(20)7-11-5-6-13(18(26)27-11)19-14(21)8-10-3-2-4-12(16(22)23)15(10)17(24)25/h2-4,11,13,26H,5-8H2,1H3,(H,19,21)(H,22,23)(H,24,25)/t11-,13-/m0/s1. The number of carbonyl (C=O) groups is 4. The van der Waals surface area contributed by atoms with Crippen molar-refractivity contribution in [3.05, 3.63) is 34.9 Å². The topological polar surface area (TPSA) is 150 Å². The van der Waals surface area contributed by atoms with Gasteiger partial charge in [0.15, 0.2) is 0 Å². The Morgan fingerprint density at radius 1 is 1.19 bits per heavy atom. The highest BCUT2D eigenvalue weighted by atomic mass is 16.5. The summed E-state index contributed by atoms with van der Waals surface area (Å²) in [4.78, 5) is 46.0. The predicted octanol–water partition coefficient (Wildman–Crippen LogP) is 0.288. The minimum Gasteiger partial charge on any atom is -0.478 e. The Morgan fingerprint density at radius 3 is 2.44 bits per heavy atom. The number of Topliss-reactive ketones (excluding diaryl/α,β-unsaturated/α-hetero) is 1. The molecule has 27 heavy (non-hydrogen) atoms. The maximum atomic E-state index is 12.3. The van der Waals surface area contributed by atoms with E-state index in [4.69, 9.17) is 9.76 Å².